The van der Waals surface area contributed by atoms with Crippen LogP contribution in [0, 0.1) is 11.7 Å². The number of anilines is 1. The Labute approximate surface area is 129 Å². The zero-order chi connectivity index (χ0) is 15.5. The molecular weight excluding hydrogens is 283 g/mol. The summed E-state index contributed by atoms with van der Waals surface area (Å²) < 4.78 is 20.8. The van der Waals surface area contributed by atoms with Gasteiger partial charge in [0.1, 0.15) is 17.4 Å². The number of nitrogens with zero attached hydrogens (tertiary/aromatic N) is 2. The minimum absolute atomic E-state index is 0.0182. The van der Waals surface area contributed by atoms with Crippen molar-refractivity contribution in [1.29, 1.82) is 0 Å². The standard InChI is InChI=1S/C16H21FN4O/c1-11(14-7-13(17)3-4-15(14)22-2)18-8-12-9-19-16-5-6-20-21(16)10-12/h3-7,11-12,18-19H,8-10H2,1-2H3/t11-,12-/m1/s1. The Balaban J connectivity index is 1.61. The monoisotopic (exact) mass is 304 g/mol. The van der Waals surface area contributed by atoms with Crippen LogP contribution in [0.15, 0.2) is 30.5 Å². The molecule has 5 nitrogen and oxygen atoms in total. The first kappa shape index (κ1) is 14.8. The number of rotatable bonds is 5. The van der Waals surface area contributed by atoms with E-state index in [9.17, 15) is 4.39 Å². The molecule has 0 spiro atoms. The minimum Gasteiger partial charge on any atom is -0.496 e. The van der Waals surface area contributed by atoms with Gasteiger partial charge in [0.25, 0.3) is 0 Å². The number of hydrogen-bond acceptors (Lipinski definition) is 4. The first-order chi connectivity index (χ1) is 10.7. The van der Waals surface area contributed by atoms with Gasteiger partial charge in [-0.1, -0.05) is 0 Å². The number of ether oxygens (including phenoxy) is 1. The first-order valence-corrected chi connectivity index (χ1v) is 7.50. The van der Waals surface area contributed by atoms with E-state index in [2.05, 4.69) is 15.7 Å². The molecule has 3 rings (SSSR count). The predicted octanol–water partition coefficient (Wildman–Crippen LogP) is 2.42. The van der Waals surface area contributed by atoms with Crippen LogP contribution in [0.3, 0.4) is 0 Å². The molecule has 0 unspecified atom stereocenters. The number of methoxy groups -OCH3 is 1. The lowest BCUT2D eigenvalue weighted by molar-refractivity contribution is 0.366. The molecule has 0 radical (unpaired) electrons. The van der Waals surface area contributed by atoms with Crippen LogP contribution in [0.2, 0.25) is 0 Å². The van der Waals surface area contributed by atoms with Gasteiger partial charge in [-0.25, -0.2) is 9.07 Å². The molecular formula is C16H21FN4O. The molecule has 0 amide bonds. The van der Waals surface area contributed by atoms with Crippen LogP contribution >= 0.6 is 0 Å². The van der Waals surface area contributed by atoms with Crippen molar-refractivity contribution in [2.24, 2.45) is 5.92 Å². The third-order valence-corrected chi connectivity index (χ3v) is 4.09. The molecule has 1 aromatic heterocycles. The molecule has 1 aromatic carbocycles. The molecule has 0 bridgehead atoms. The fraction of sp³-hybridized carbons (Fsp3) is 0.438. The predicted molar refractivity (Wildman–Crippen MR) is 83.6 cm³/mol. The van der Waals surface area contributed by atoms with Gasteiger partial charge in [-0.15, -0.1) is 0 Å². The lowest BCUT2D eigenvalue weighted by atomic mass is 10.0. The first-order valence-electron chi connectivity index (χ1n) is 7.50. The molecule has 6 heteroatoms. The van der Waals surface area contributed by atoms with E-state index in [-0.39, 0.29) is 11.9 Å². The summed E-state index contributed by atoms with van der Waals surface area (Å²) in [6.45, 7) is 4.64. The topological polar surface area (TPSA) is 51.1 Å². The van der Waals surface area contributed by atoms with Gasteiger partial charge in [-0.3, -0.25) is 0 Å². The number of aromatic nitrogens is 2. The third kappa shape index (κ3) is 3.06. The van der Waals surface area contributed by atoms with Crippen LogP contribution in [0.1, 0.15) is 18.5 Å². The van der Waals surface area contributed by atoms with E-state index in [1.807, 2.05) is 17.7 Å². The summed E-state index contributed by atoms with van der Waals surface area (Å²) in [7, 11) is 1.60. The average Bonchev–Trinajstić information content (AvgIpc) is 3.00. The maximum Gasteiger partial charge on any atom is 0.124 e. The van der Waals surface area contributed by atoms with Gasteiger partial charge in [-0.2, -0.15) is 5.10 Å². The highest BCUT2D eigenvalue weighted by Gasteiger charge is 2.20. The van der Waals surface area contributed by atoms with Crippen LogP contribution in [-0.2, 0) is 6.54 Å². The highest BCUT2D eigenvalue weighted by Crippen LogP contribution is 2.26. The van der Waals surface area contributed by atoms with E-state index >= 15 is 0 Å². The zero-order valence-corrected chi connectivity index (χ0v) is 12.8. The normalized spacial score (nSPS) is 18.4. The Morgan fingerprint density at radius 1 is 1.50 bits per heavy atom. The van der Waals surface area contributed by atoms with Crippen molar-refractivity contribution in [3.8, 4) is 5.75 Å². The SMILES string of the molecule is COc1ccc(F)cc1[C@@H](C)NC[C@@H]1CNc2ccnn2C1. The lowest BCUT2D eigenvalue weighted by Crippen LogP contribution is -2.36. The highest BCUT2D eigenvalue weighted by molar-refractivity contribution is 5.37. The number of fused-ring (bicyclic) bond motifs is 1. The molecule has 0 fully saturated rings. The fourth-order valence-electron chi connectivity index (χ4n) is 2.82. The number of halogens is 1. The fourth-order valence-corrected chi connectivity index (χ4v) is 2.82. The van der Waals surface area contributed by atoms with Gasteiger partial charge in [0, 0.05) is 43.2 Å². The van der Waals surface area contributed by atoms with Gasteiger partial charge in [-0.05, 0) is 25.1 Å². The van der Waals surface area contributed by atoms with Gasteiger partial charge in [0.2, 0.25) is 0 Å². The highest BCUT2D eigenvalue weighted by atomic mass is 19.1. The molecule has 1 aliphatic rings. The molecule has 0 aliphatic carbocycles. The lowest BCUT2D eigenvalue weighted by Gasteiger charge is -2.27. The van der Waals surface area contributed by atoms with E-state index in [1.165, 1.54) is 12.1 Å². The minimum atomic E-state index is -0.245. The molecule has 0 saturated carbocycles. The molecule has 2 N–H and O–H groups in total. The summed E-state index contributed by atoms with van der Waals surface area (Å²) in [5.41, 5.74) is 0.839. The molecule has 2 heterocycles. The van der Waals surface area contributed by atoms with Gasteiger partial charge >= 0.3 is 0 Å². The maximum absolute atomic E-state index is 13.5. The Bertz CT molecular complexity index is 643. The van der Waals surface area contributed by atoms with Crippen molar-refractivity contribution in [3.63, 3.8) is 0 Å². The molecule has 0 saturated heterocycles. The van der Waals surface area contributed by atoms with Crippen molar-refractivity contribution in [2.75, 3.05) is 25.5 Å². The van der Waals surface area contributed by atoms with Gasteiger partial charge in [0.05, 0.1) is 13.3 Å². The van der Waals surface area contributed by atoms with E-state index in [4.69, 9.17) is 4.74 Å². The van der Waals surface area contributed by atoms with Crippen molar-refractivity contribution in [3.05, 3.63) is 41.8 Å². The average molecular weight is 304 g/mol. The van der Waals surface area contributed by atoms with Crippen molar-refractivity contribution >= 4 is 5.82 Å². The quantitative estimate of drug-likeness (QED) is 0.891. The van der Waals surface area contributed by atoms with Crippen LogP contribution in [0.4, 0.5) is 10.2 Å². The Morgan fingerprint density at radius 2 is 2.36 bits per heavy atom. The number of benzene rings is 1. The smallest absolute Gasteiger partial charge is 0.124 e. The second kappa shape index (κ2) is 6.36. The van der Waals surface area contributed by atoms with E-state index < -0.39 is 0 Å². The Kier molecular flexibility index (Phi) is 4.29. The largest absolute Gasteiger partial charge is 0.496 e. The van der Waals surface area contributed by atoms with Gasteiger partial charge < -0.3 is 15.4 Å². The van der Waals surface area contributed by atoms with Crippen LogP contribution in [0.5, 0.6) is 5.75 Å². The molecule has 118 valence electrons. The summed E-state index contributed by atoms with van der Waals surface area (Å²) in [5.74, 6) is 1.97. The molecule has 22 heavy (non-hydrogen) atoms. The van der Waals surface area contributed by atoms with Crippen molar-refractivity contribution in [1.82, 2.24) is 15.1 Å². The van der Waals surface area contributed by atoms with Crippen LogP contribution in [0.25, 0.3) is 0 Å². The summed E-state index contributed by atoms with van der Waals surface area (Å²) in [6, 6.07) is 6.61. The maximum atomic E-state index is 13.5. The second-order valence-electron chi connectivity index (χ2n) is 5.66. The van der Waals surface area contributed by atoms with Crippen LogP contribution in [-0.4, -0.2) is 30.0 Å². The van der Waals surface area contributed by atoms with Crippen molar-refractivity contribution < 1.29 is 9.13 Å². The summed E-state index contributed by atoms with van der Waals surface area (Å²) in [4.78, 5) is 0. The Morgan fingerprint density at radius 3 is 3.18 bits per heavy atom. The van der Waals surface area contributed by atoms with Crippen LogP contribution < -0.4 is 15.4 Å². The number of nitrogens with one attached hydrogen (secondary N) is 2. The molecule has 1 aliphatic heterocycles. The van der Waals surface area contributed by atoms with E-state index in [0.29, 0.717) is 11.7 Å². The zero-order valence-electron chi connectivity index (χ0n) is 12.8. The summed E-state index contributed by atoms with van der Waals surface area (Å²) >= 11 is 0. The van der Waals surface area contributed by atoms with E-state index in [1.54, 1.807) is 19.4 Å². The van der Waals surface area contributed by atoms with Gasteiger partial charge in [0.15, 0.2) is 0 Å². The number of hydrogen-bond donors (Lipinski definition) is 2. The molecule has 2 aromatic rings. The van der Waals surface area contributed by atoms with Crippen molar-refractivity contribution in [2.45, 2.75) is 19.5 Å². The molecule has 2 atom stereocenters. The Hall–Kier alpha value is -2.08. The van der Waals surface area contributed by atoms with E-state index in [0.717, 1.165) is 31.0 Å². The second-order valence-corrected chi connectivity index (χ2v) is 5.66. The third-order valence-electron chi connectivity index (χ3n) is 4.09. The summed E-state index contributed by atoms with van der Waals surface area (Å²) in [6.07, 6.45) is 1.80. The summed E-state index contributed by atoms with van der Waals surface area (Å²) in [5, 5.41) is 11.1.